The molecule has 9 unspecified atom stereocenters. The summed E-state index contributed by atoms with van der Waals surface area (Å²) in [7, 11) is 0. The molecule has 0 saturated carbocycles. The van der Waals surface area contributed by atoms with Crippen LogP contribution in [0.3, 0.4) is 0 Å². The van der Waals surface area contributed by atoms with Crippen molar-refractivity contribution in [3.8, 4) is 51.7 Å². The number of esters is 5. The summed E-state index contributed by atoms with van der Waals surface area (Å²) in [5, 5.41) is 142. The third-order valence-corrected chi connectivity index (χ3v) is 12.4. The van der Waals surface area contributed by atoms with Gasteiger partial charge < -0.3 is 104 Å². The number of aromatic hydroxyl groups is 7. The SMILES string of the molecule is O=C1OC2C3COC(=O)C4=CC(=O)C5(O)Oc6c(O)c(O)cc(c6C4C5(O)O)C(=O)OC2C(OC(=O)c2cc(O)c(O)c4c2C2C1=CC(=O)C(O)(O4)C2(O)O)C(OC(=O)c1cc(O)c(O)c(O)c1)O3. The fourth-order valence-corrected chi connectivity index (χ4v) is 9.07. The Kier molecular flexibility index (Phi) is 9.14. The van der Waals surface area contributed by atoms with Gasteiger partial charge in [-0.3, -0.25) is 9.59 Å². The van der Waals surface area contributed by atoms with Gasteiger partial charge in [0.05, 0.1) is 39.7 Å². The number of cyclic esters (lactones) is 1. The van der Waals surface area contributed by atoms with E-state index in [2.05, 4.69) is 0 Å². The Labute approximate surface area is 378 Å². The van der Waals surface area contributed by atoms with Gasteiger partial charge in [0.25, 0.3) is 11.6 Å². The summed E-state index contributed by atoms with van der Waals surface area (Å²) >= 11 is 0. The number of carbonyl (C=O) groups excluding carboxylic acids is 7. The second-order valence-electron chi connectivity index (χ2n) is 16.3. The van der Waals surface area contributed by atoms with E-state index in [9.17, 15) is 99.9 Å². The highest BCUT2D eigenvalue weighted by atomic mass is 16.8. The van der Waals surface area contributed by atoms with E-state index in [1.807, 2.05) is 0 Å². The number of benzene rings is 3. The molecule has 360 valence electrons. The standard InChI is InChI=1S/C41H28O28/c42-13-1-8(2-14(43)24(13)48)32(51)67-37-31-30-27(64-36(55)12-6-19(47)41(61)39(58,59)23(12)21-10(35(54)66-31)4-16(45)26(50)29(21)69-41)17(63-37)7-62-33(52)11-5-18(46)40(60)38(56,57)22(11)20-9(34(53)65-30)3-15(44)25(49)28(20)68-40/h1-6,17,22-23,27,30-31,37,42-45,48-50,56-61H,7H2. The number of ketones is 2. The highest BCUT2D eigenvalue weighted by molar-refractivity contribution is 6.10. The Balaban J connectivity index is 1.21. The fourth-order valence-electron chi connectivity index (χ4n) is 9.07. The van der Waals surface area contributed by atoms with Gasteiger partial charge in [-0.05, 0) is 36.4 Å². The third-order valence-electron chi connectivity index (χ3n) is 12.4. The largest absolute Gasteiger partial charge is 0.504 e. The van der Waals surface area contributed by atoms with E-state index in [0.717, 1.165) is 0 Å². The maximum absolute atomic E-state index is 14.7. The minimum absolute atomic E-state index is 0.260. The first-order chi connectivity index (χ1) is 32.2. The predicted octanol–water partition coefficient (Wildman–Crippen LogP) is -3.85. The molecular weight excluding hydrogens is 940 g/mol. The summed E-state index contributed by atoms with van der Waals surface area (Å²) < 4.78 is 44.1. The maximum Gasteiger partial charge on any atom is 0.340 e. The van der Waals surface area contributed by atoms with Gasteiger partial charge in [-0.15, -0.1) is 0 Å². The van der Waals surface area contributed by atoms with Crippen LogP contribution in [-0.2, 0) is 47.6 Å². The molecule has 0 spiro atoms. The number of carbonyl (C=O) groups is 7. The van der Waals surface area contributed by atoms with Crippen LogP contribution in [0.4, 0.5) is 0 Å². The van der Waals surface area contributed by atoms with Crippen LogP contribution >= 0.6 is 0 Å². The average Bonchev–Trinajstić information content (AvgIpc) is 3.27. The molecule has 69 heavy (non-hydrogen) atoms. The molecule has 3 aromatic carbocycles. The number of ether oxygens (including phenoxy) is 8. The third kappa shape index (κ3) is 5.84. The normalized spacial score (nSPS) is 31.2. The zero-order valence-electron chi connectivity index (χ0n) is 33.7. The fraction of sp³-hybridized carbons (Fsp3) is 0.293. The Bertz CT molecular complexity index is 3010. The first-order valence-corrected chi connectivity index (χ1v) is 19.6. The van der Waals surface area contributed by atoms with E-state index in [0.29, 0.717) is 30.3 Å². The molecule has 10 rings (SSSR count). The number of hydrogen-bond donors (Lipinski definition) is 13. The molecule has 5 heterocycles. The van der Waals surface area contributed by atoms with Gasteiger partial charge in [-0.1, -0.05) is 0 Å². The highest BCUT2D eigenvalue weighted by Crippen LogP contribution is 2.60. The Morgan fingerprint density at radius 2 is 0.986 bits per heavy atom. The molecule has 2 aliphatic carbocycles. The zero-order valence-corrected chi connectivity index (χ0v) is 33.7. The number of phenols is 7. The number of aliphatic hydroxyl groups is 6. The van der Waals surface area contributed by atoms with Crippen LogP contribution in [0.1, 0.15) is 54.0 Å². The number of phenolic OH excluding ortho intramolecular Hbond substituents is 7. The molecule has 28 heteroatoms. The molecule has 28 nitrogen and oxygen atoms in total. The van der Waals surface area contributed by atoms with Gasteiger partial charge in [-0.2, -0.15) is 0 Å². The lowest BCUT2D eigenvalue weighted by atomic mass is 9.70. The molecular formula is C41H28O28. The first kappa shape index (κ1) is 44.6. The van der Waals surface area contributed by atoms with E-state index in [1.54, 1.807) is 0 Å². The molecule has 1 saturated heterocycles. The Hall–Kier alpha value is -8.25. The molecule has 5 aliphatic heterocycles. The van der Waals surface area contributed by atoms with Gasteiger partial charge in [-0.25, -0.2) is 24.0 Å². The van der Waals surface area contributed by atoms with Gasteiger partial charge in [0, 0.05) is 11.1 Å². The van der Waals surface area contributed by atoms with Crippen molar-refractivity contribution in [2.45, 2.75) is 65.7 Å². The maximum atomic E-state index is 14.7. The average molecular weight is 969 g/mol. The van der Waals surface area contributed by atoms with Crippen LogP contribution in [0.25, 0.3) is 0 Å². The minimum atomic E-state index is -3.99. The predicted molar refractivity (Wildman–Crippen MR) is 201 cm³/mol. The van der Waals surface area contributed by atoms with Crippen LogP contribution in [0, 0.1) is 0 Å². The summed E-state index contributed by atoms with van der Waals surface area (Å²) in [6, 6.07) is 1.89. The zero-order chi connectivity index (χ0) is 49.9. The quantitative estimate of drug-likeness (QED) is 0.0506. The van der Waals surface area contributed by atoms with Crippen molar-refractivity contribution in [1.29, 1.82) is 0 Å². The van der Waals surface area contributed by atoms with Crippen molar-refractivity contribution in [3.63, 3.8) is 0 Å². The number of fused-ring (bicyclic) bond motifs is 2. The van der Waals surface area contributed by atoms with Crippen LogP contribution in [0.2, 0.25) is 0 Å². The van der Waals surface area contributed by atoms with Crippen LogP contribution in [-0.4, -0.2) is 168 Å². The van der Waals surface area contributed by atoms with Gasteiger partial charge in [0.15, 0.2) is 52.5 Å². The highest BCUT2D eigenvalue weighted by Gasteiger charge is 2.72. The molecule has 1 fully saturated rings. The van der Waals surface area contributed by atoms with Crippen molar-refractivity contribution < 1.29 is 138 Å². The second-order valence-corrected chi connectivity index (χ2v) is 16.3. The van der Waals surface area contributed by atoms with Crippen molar-refractivity contribution in [3.05, 3.63) is 75.4 Å². The van der Waals surface area contributed by atoms with Crippen LogP contribution in [0.5, 0.6) is 51.7 Å². The molecule has 0 aromatic heterocycles. The molecule has 13 N–H and O–H groups in total. The first-order valence-electron chi connectivity index (χ1n) is 19.6. The van der Waals surface area contributed by atoms with Gasteiger partial charge in [0.1, 0.15) is 12.7 Å². The van der Waals surface area contributed by atoms with Crippen molar-refractivity contribution >= 4 is 41.4 Å². The van der Waals surface area contributed by atoms with Crippen molar-refractivity contribution in [2.24, 2.45) is 0 Å². The summed E-state index contributed by atoms with van der Waals surface area (Å²) in [6.07, 6.45) is -11.9. The summed E-state index contributed by atoms with van der Waals surface area (Å²) in [5.74, 6) is -44.2. The number of hydrogen-bond acceptors (Lipinski definition) is 28. The smallest absolute Gasteiger partial charge is 0.340 e. The van der Waals surface area contributed by atoms with E-state index in [-0.39, 0.29) is 6.08 Å². The van der Waals surface area contributed by atoms with E-state index in [4.69, 9.17) is 37.9 Å². The monoisotopic (exact) mass is 968 g/mol. The Morgan fingerprint density at radius 1 is 0.551 bits per heavy atom. The van der Waals surface area contributed by atoms with E-state index in [1.165, 1.54) is 0 Å². The van der Waals surface area contributed by atoms with Crippen molar-refractivity contribution in [1.82, 2.24) is 0 Å². The molecule has 0 radical (unpaired) electrons. The molecule has 8 bridgehead atoms. The van der Waals surface area contributed by atoms with Crippen molar-refractivity contribution in [2.75, 3.05) is 6.61 Å². The molecule has 3 aromatic rings. The van der Waals surface area contributed by atoms with Gasteiger partial charge >= 0.3 is 41.4 Å². The lowest BCUT2D eigenvalue weighted by molar-refractivity contribution is -0.339. The molecule has 0 amide bonds. The van der Waals surface area contributed by atoms with Crippen LogP contribution < -0.4 is 9.47 Å². The van der Waals surface area contributed by atoms with Crippen LogP contribution in [0.15, 0.2) is 47.6 Å². The molecule has 7 aliphatic rings. The van der Waals surface area contributed by atoms with E-state index < -0.39 is 204 Å². The lowest BCUT2D eigenvalue weighted by Gasteiger charge is -2.49. The molecule has 9 atom stereocenters. The Morgan fingerprint density at radius 3 is 1.48 bits per heavy atom. The van der Waals surface area contributed by atoms with E-state index >= 15 is 0 Å². The topological polar surface area (TPSA) is 456 Å². The number of rotatable bonds is 2. The summed E-state index contributed by atoms with van der Waals surface area (Å²) in [6.45, 7) is -1.35. The van der Waals surface area contributed by atoms with Gasteiger partial charge in [0.2, 0.25) is 35.5 Å². The summed E-state index contributed by atoms with van der Waals surface area (Å²) in [4.78, 5) is 98.4. The second kappa shape index (κ2) is 14.1. The summed E-state index contributed by atoms with van der Waals surface area (Å²) in [5.41, 5.74) is -7.33. The minimum Gasteiger partial charge on any atom is -0.504 e. The lowest BCUT2D eigenvalue weighted by Crippen LogP contribution is -2.70.